The lowest BCUT2D eigenvalue weighted by Crippen LogP contribution is -2.33. The number of carbonyl (C=O) groups excluding carboxylic acids is 4. The monoisotopic (exact) mass is 856 g/mol. The van der Waals surface area contributed by atoms with Gasteiger partial charge in [-0.05, 0) is 140 Å². The van der Waals surface area contributed by atoms with E-state index in [2.05, 4.69) is 95.0 Å². The summed E-state index contributed by atoms with van der Waals surface area (Å²) in [5.41, 5.74) is 2.25. The number of unbranched alkanes of at least 4 members (excludes halogenated alkanes) is 1. The Kier molecular flexibility index (Phi) is 13.2. The van der Waals surface area contributed by atoms with Crippen molar-refractivity contribution >= 4 is 109 Å². The summed E-state index contributed by atoms with van der Waals surface area (Å²) in [7, 11) is 0. The molecular weight excluding hydrogens is 828 g/mol. The van der Waals surface area contributed by atoms with Crippen LogP contribution in [0.3, 0.4) is 0 Å². The van der Waals surface area contributed by atoms with Crippen LogP contribution in [0.2, 0.25) is 0 Å². The van der Waals surface area contributed by atoms with Crippen LogP contribution in [-0.2, 0) is 9.59 Å². The van der Waals surface area contributed by atoms with Gasteiger partial charge in [-0.15, -0.1) is 0 Å². The molecule has 0 saturated heterocycles. The van der Waals surface area contributed by atoms with Gasteiger partial charge in [-0.25, -0.2) is 0 Å². The Balaban J connectivity index is 0.991. The van der Waals surface area contributed by atoms with Gasteiger partial charge in [0.05, 0.1) is 11.1 Å². The van der Waals surface area contributed by atoms with Gasteiger partial charge in [0, 0.05) is 65.2 Å². The van der Waals surface area contributed by atoms with Crippen LogP contribution >= 0.6 is 63.7 Å². The van der Waals surface area contributed by atoms with Gasteiger partial charge in [-0.1, -0.05) is 0 Å². The second-order valence-electron chi connectivity index (χ2n) is 10.1. The van der Waals surface area contributed by atoms with E-state index < -0.39 is 23.4 Å². The van der Waals surface area contributed by atoms with E-state index in [0.717, 1.165) is 67.9 Å². The molecule has 0 unspecified atom stereocenters. The number of aromatic nitrogens is 2. The SMILES string of the molecule is O=C(NCCCNCCCCNCCCNC(=O)C(=O)c1c[nH]c2cc(Br)c(Br)cc12)C(=O)c1c[nH]c2cc(Br)c(Br)cc12. The minimum Gasteiger partial charge on any atom is -0.360 e. The molecule has 10 nitrogen and oxygen atoms in total. The van der Waals surface area contributed by atoms with E-state index in [1.165, 1.54) is 0 Å². The van der Waals surface area contributed by atoms with Gasteiger partial charge < -0.3 is 31.2 Å². The molecule has 0 fully saturated rings. The quantitative estimate of drug-likeness (QED) is 0.0454. The lowest BCUT2D eigenvalue weighted by Gasteiger charge is -2.08. The first-order valence-corrected chi connectivity index (χ1v) is 17.3. The molecule has 6 N–H and O–H groups in total. The zero-order chi connectivity index (χ0) is 31.6. The molecule has 0 bridgehead atoms. The van der Waals surface area contributed by atoms with Crippen LogP contribution in [0, 0.1) is 0 Å². The third-order valence-electron chi connectivity index (χ3n) is 6.94. The van der Waals surface area contributed by atoms with Crippen molar-refractivity contribution in [3.05, 3.63) is 65.7 Å². The Morgan fingerprint density at radius 1 is 0.523 bits per heavy atom. The van der Waals surface area contributed by atoms with E-state index in [1.807, 2.05) is 24.3 Å². The highest BCUT2D eigenvalue weighted by Gasteiger charge is 2.21. The summed E-state index contributed by atoms with van der Waals surface area (Å²) < 4.78 is 3.33. The van der Waals surface area contributed by atoms with Gasteiger partial charge >= 0.3 is 0 Å². The Bertz CT molecular complexity index is 1550. The molecule has 4 aromatic rings. The number of ketones is 2. The van der Waals surface area contributed by atoms with Gasteiger partial charge in [0.25, 0.3) is 23.4 Å². The van der Waals surface area contributed by atoms with Crippen LogP contribution in [0.5, 0.6) is 0 Å². The average molecular weight is 860 g/mol. The van der Waals surface area contributed by atoms with Crippen LogP contribution in [0.25, 0.3) is 21.8 Å². The highest BCUT2D eigenvalue weighted by Crippen LogP contribution is 2.31. The number of fused-ring (bicyclic) bond motifs is 2. The second kappa shape index (κ2) is 16.8. The van der Waals surface area contributed by atoms with Crippen LogP contribution in [-0.4, -0.2) is 72.6 Å². The Hall–Kier alpha value is -2.36. The van der Waals surface area contributed by atoms with Crippen molar-refractivity contribution in [3.63, 3.8) is 0 Å². The van der Waals surface area contributed by atoms with E-state index in [1.54, 1.807) is 12.4 Å². The summed E-state index contributed by atoms with van der Waals surface area (Å²) in [4.78, 5) is 56.0. The highest BCUT2D eigenvalue weighted by atomic mass is 79.9. The second-order valence-corrected chi connectivity index (χ2v) is 13.5. The summed E-state index contributed by atoms with van der Waals surface area (Å²) in [6.07, 6.45) is 6.54. The number of aromatic amines is 2. The number of nitrogens with one attached hydrogen (secondary N) is 6. The number of rotatable bonds is 17. The zero-order valence-electron chi connectivity index (χ0n) is 23.7. The number of carbonyl (C=O) groups is 4. The molecule has 234 valence electrons. The molecule has 0 spiro atoms. The highest BCUT2D eigenvalue weighted by molar-refractivity contribution is 9.13. The van der Waals surface area contributed by atoms with Gasteiger partial charge in [-0.3, -0.25) is 19.2 Å². The maximum absolute atomic E-state index is 12.6. The van der Waals surface area contributed by atoms with Gasteiger partial charge in [-0.2, -0.15) is 0 Å². The fraction of sp³-hybridized carbons (Fsp3) is 0.333. The van der Waals surface area contributed by atoms with E-state index in [4.69, 9.17) is 0 Å². The molecule has 2 amide bonds. The van der Waals surface area contributed by atoms with Crippen LogP contribution < -0.4 is 21.3 Å². The number of H-pyrrole nitrogens is 2. The molecule has 0 saturated carbocycles. The normalized spacial score (nSPS) is 11.3. The lowest BCUT2D eigenvalue weighted by molar-refractivity contribution is -0.117. The van der Waals surface area contributed by atoms with Crippen molar-refractivity contribution in [2.24, 2.45) is 0 Å². The summed E-state index contributed by atoms with van der Waals surface area (Å²) >= 11 is 13.7. The van der Waals surface area contributed by atoms with Crippen molar-refractivity contribution in [2.45, 2.75) is 25.7 Å². The first-order valence-electron chi connectivity index (χ1n) is 14.2. The predicted octanol–water partition coefficient (Wildman–Crippen LogP) is 5.74. The summed E-state index contributed by atoms with van der Waals surface area (Å²) in [5, 5.41) is 13.5. The molecule has 0 aliphatic carbocycles. The molecule has 4 rings (SSSR count). The first-order chi connectivity index (χ1) is 21.2. The van der Waals surface area contributed by atoms with Crippen molar-refractivity contribution < 1.29 is 19.2 Å². The Morgan fingerprint density at radius 3 is 1.30 bits per heavy atom. The standard InChI is InChI=1S/C30H32Br4N6O4/c31-21-11-17-19(15-39-25(17)13-23(21)33)27(41)29(43)37-9-3-7-35-5-1-2-6-36-8-4-10-38-30(44)28(42)20-16-40-26-14-24(34)22(32)12-18(20)26/h11-16,35-36,39-40H,1-10H2,(H,37,43)(H,38,44). The van der Waals surface area contributed by atoms with E-state index in [0.29, 0.717) is 47.8 Å². The molecule has 0 atom stereocenters. The third kappa shape index (κ3) is 9.10. The molecule has 2 heterocycles. The largest absolute Gasteiger partial charge is 0.360 e. The minimum absolute atomic E-state index is 0.348. The minimum atomic E-state index is -0.613. The van der Waals surface area contributed by atoms with Gasteiger partial charge in [0.15, 0.2) is 0 Å². The maximum Gasteiger partial charge on any atom is 0.292 e. The lowest BCUT2D eigenvalue weighted by atomic mass is 10.1. The van der Waals surface area contributed by atoms with E-state index in [9.17, 15) is 19.2 Å². The van der Waals surface area contributed by atoms with Crippen molar-refractivity contribution in [2.75, 3.05) is 39.3 Å². The van der Waals surface area contributed by atoms with Crippen molar-refractivity contribution in [3.8, 4) is 0 Å². The fourth-order valence-electron chi connectivity index (χ4n) is 4.60. The Labute approximate surface area is 288 Å². The van der Waals surface area contributed by atoms with Crippen molar-refractivity contribution in [1.29, 1.82) is 0 Å². The number of halogens is 4. The molecule has 14 heteroatoms. The summed E-state index contributed by atoms with van der Waals surface area (Å²) in [6, 6.07) is 7.34. The molecule has 44 heavy (non-hydrogen) atoms. The first kappa shape index (κ1) is 34.5. The number of Topliss-reactive ketones (excluding diaryl/α,β-unsaturated/α-hetero) is 2. The molecule has 2 aromatic carbocycles. The van der Waals surface area contributed by atoms with E-state index >= 15 is 0 Å². The predicted molar refractivity (Wildman–Crippen MR) is 186 cm³/mol. The van der Waals surface area contributed by atoms with Crippen LogP contribution in [0.15, 0.2) is 54.6 Å². The smallest absolute Gasteiger partial charge is 0.292 e. The molecule has 0 aliphatic rings. The molecule has 0 aliphatic heterocycles. The number of amides is 2. The summed E-state index contributed by atoms with van der Waals surface area (Å²) in [6.45, 7) is 4.01. The van der Waals surface area contributed by atoms with Crippen molar-refractivity contribution in [1.82, 2.24) is 31.2 Å². The van der Waals surface area contributed by atoms with Crippen LogP contribution in [0.4, 0.5) is 0 Å². The molecule has 2 aromatic heterocycles. The van der Waals surface area contributed by atoms with E-state index in [-0.39, 0.29) is 0 Å². The zero-order valence-corrected chi connectivity index (χ0v) is 30.0. The summed E-state index contributed by atoms with van der Waals surface area (Å²) in [5.74, 6) is -2.35. The average Bonchev–Trinajstić information content (AvgIpc) is 3.60. The van der Waals surface area contributed by atoms with Gasteiger partial charge in [0.2, 0.25) is 0 Å². The number of benzene rings is 2. The topological polar surface area (TPSA) is 148 Å². The number of hydrogen-bond donors (Lipinski definition) is 6. The van der Waals surface area contributed by atoms with Gasteiger partial charge in [0.1, 0.15) is 0 Å². The molecule has 0 radical (unpaired) electrons. The Morgan fingerprint density at radius 2 is 0.886 bits per heavy atom. The fourth-order valence-corrected chi connectivity index (χ4v) is 5.97. The number of hydrogen-bond acceptors (Lipinski definition) is 6. The molecular formula is C30H32Br4N6O4. The third-order valence-corrected chi connectivity index (χ3v) is 10.6. The maximum atomic E-state index is 12.6. The van der Waals surface area contributed by atoms with Crippen LogP contribution in [0.1, 0.15) is 46.4 Å².